The molecule has 0 spiro atoms. The number of carboxylic acid groups (broad SMARTS) is 1. The molecular weight excluding hydrogens is 259 g/mol. The lowest BCUT2D eigenvalue weighted by Crippen LogP contribution is -2.53. The topological polar surface area (TPSA) is 101 Å². The highest BCUT2D eigenvalue weighted by molar-refractivity contribution is 5.95. The second kappa shape index (κ2) is 4.63. The number of hydrogen-bond acceptors (Lipinski definition) is 4. The van der Waals surface area contributed by atoms with Crippen molar-refractivity contribution in [2.75, 3.05) is 13.1 Å². The van der Waals surface area contributed by atoms with Crippen LogP contribution >= 0.6 is 0 Å². The third-order valence-corrected chi connectivity index (χ3v) is 2.91. The zero-order valence-corrected chi connectivity index (χ0v) is 9.58. The fourth-order valence-corrected chi connectivity index (χ4v) is 1.77. The Labute approximate surface area is 106 Å². The Balaban J connectivity index is 2.11. The summed E-state index contributed by atoms with van der Waals surface area (Å²) >= 11 is 0. The molecule has 1 fully saturated rings. The van der Waals surface area contributed by atoms with Crippen molar-refractivity contribution in [3.05, 3.63) is 39.7 Å². The van der Waals surface area contributed by atoms with Crippen molar-refractivity contribution in [2.24, 2.45) is 5.92 Å². The smallest absolute Gasteiger partial charge is 0.310 e. The lowest BCUT2D eigenvalue weighted by atomic mass is 9.99. The van der Waals surface area contributed by atoms with Crippen molar-refractivity contribution in [3.63, 3.8) is 0 Å². The molecule has 0 saturated carbocycles. The average molecular weight is 268 g/mol. The first-order valence-corrected chi connectivity index (χ1v) is 5.36. The largest absolute Gasteiger partial charge is 0.481 e. The molecule has 100 valence electrons. The summed E-state index contributed by atoms with van der Waals surface area (Å²) in [6, 6.07) is 2.85. The molecule has 0 atom stereocenters. The van der Waals surface area contributed by atoms with Crippen LogP contribution in [0.5, 0.6) is 0 Å². The Morgan fingerprint density at radius 2 is 2.05 bits per heavy atom. The number of carbonyl (C=O) groups is 2. The van der Waals surface area contributed by atoms with Crippen LogP contribution in [0.15, 0.2) is 18.2 Å². The van der Waals surface area contributed by atoms with Gasteiger partial charge < -0.3 is 10.0 Å². The van der Waals surface area contributed by atoms with Crippen LogP contribution in [0, 0.1) is 21.8 Å². The summed E-state index contributed by atoms with van der Waals surface area (Å²) in [4.78, 5) is 33.2. The second-order valence-electron chi connectivity index (χ2n) is 4.17. The van der Waals surface area contributed by atoms with Gasteiger partial charge in [0.2, 0.25) is 5.82 Å². The number of nitro benzene ring substituents is 1. The van der Waals surface area contributed by atoms with Gasteiger partial charge in [-0.2, -0.15) is 4.39 Å². The molecule has 1 saturated heterocycles. The molecule has 0 unspecified atom stereocenters. The fraction of sp³-hybridized carbons (Fsp3) is 0.273. The first-order valence-electron chi connectivity index (χ1n) is 5.36. The van der Waals surface area contributed by atoms with Gasteiger partial charge in [-0.25, -0.2) is 0 Å². The number of aliphatic carboxylic acids is 1. The molecular formula is C11H9FN2O5. The van der Waals surface area contributed by atoms with E-state index >= 15 is 0 Å². The molecule has 0 aliphatic carbocycles. The van der Waals surface area contributed by atoms with Crippen LogP contribution < -0.4 is 0 Å². The molecule has 1 aliphatic rings. The zero-order chi connectivity index (χ0) is 14.2. The molecule has 19 heavy (non-hydrogen) atoms. The van der Waals surface area contributed by atoms with Crippen molar-refractivity contribution in [1.82, 2.24) is 4.90 Å². The van der Waals surface area contributed by atoms with Crippen molar-refractivity contribution in [3.8, 4) is 0 Å². The van der Waals surface area contributed by atoms with E-state index in [1.165, 1.54) is 4.90 Å². The molecule has 1 N–H and O–H groups in total. The Bertz CT molecular complexity index is 568. The van der Waals surface area contributed by atoms with E-state index in [0.29, 0.717) is 0 Å². The average Bonchev–Trinajstić information content (AvgIpc) is 2.25. The van der Waals surface area contributed by atoms with E-state index in [0.717, 1.165) is 18.2 Å². The van der Waals surface area contributed by atoms with Gasteiger partial charge in [0, 0.05) is 24.7 Å². The number of carbonyl (C=O) groups excluding carboxylic acids is 1. The number of rotatable bonds is 3. The molecule has 2 rings (SSSR count). The maximum atomic E-state index is 13.3. The summed E-state index contributed by atoms with van der Waals surface area (Å²) in [5.41, 5.74) is -0.740. The van der Waals surface area contributed by atoms with Gasteiger partial charge in [-0.1, -0.05) is 0 Å². The van der Waals surface area contributed by atoms with E-state index in [9.17, 15) is 24.1 Å². The van der Waals surface area contributed by atoms with Crippen molar-refractivity contribution in [2.45, 2.75) is 0 Å². The van der Waals surface area contributed by atoms with E-state index in [1.54, 1.807) is 0 Å². The minimum atomic E-state index is -1.09. The van der Waals surface area contributed by atoms with E-state index in [2.05, 4.69) is 0 Å². The zero-order valence-electron chi connectivity index (χ0n) is 9.58. The third kappa shape index (κ3) is 2.37. The summed E-state index contributed by atoms with van der Waals surface area (Å²) in [5, 5.41) is 19.1. The van der Waals surface area contributed by atoms with Crippen molar-refractivity contribution in [1.29, 1.82) is 0 Å². The summed E-state index contributed by atoms with van der Waals surface area (Å²) in [6.45, 7) is 0.125. The van der Waals surface area contributed by atoms with E-state index in [-0.39, 0.29) is 18.7 Å². The van der Waals surface area contributed by atoms with Crippen molar-refractivity contribution < 1.29 is 24.0 Å². The molecule has 1 aromatic rings. The van der Waals surface area contributed by atoms with Gasteiger partial charge in [0.05, 0.1) is 10.8 Å². The van der Waals surface area contributed by atoms with Crippen LogP contribution in [0.1, 0.15) is 10.4 Å². The molecule has 7 nitrogen and oxygen atoms in total. The Kier molecular flexibility index (Phi) is 3.16. The highest BCUT2D eigenvalue weighted by Gasteiger charge is 2.36. The van der Waals surface area contributed by atoms with Gasteiger partial charge in [0.15, 0.2) is 0 Å². The van der Waals surface area contributed by atoms with E-state index in [1.807, 2.05) is 0 Å². The highest BCUT2D eigenvalue weighted by atomic mass is 19.1. The third-order valence-electron chi connectivity index (χ3n) is 2.91. The summed E-state index contributed by atoms with van der Waals surface area (Å²) in [7, 11) is 0. The van der Waals surface area contributed by atoms with Gasteiger partial charge in [-0.3, -0.25) is 19.7 Å². The predicted molar refractivity (Wildman–Crippen MR) is 60.1 cm³/mol. The Morgan fingerprint density at radius 1 is 1.42 bits per heavy atom. The maximum Gasteiger partial charge on any atom is 0.310 e. The summed E-state index contributed by atoms with van der Waals surface area (Å²) in [5.74, 6) is -3.22. The summed E-state index contributed by atoms with van der Waals surface area (Å²) in [6.07, 6.45) is 0. The number of nitrogens with zero attached hydrogens (tertiary/aromatic N) is 2. The highest BCUT2D eigenvalue weighted by Crippen LogP contribution is 2.22. The number of carboxylic acids is 1. The number of halogens is 1. The van der Waals surface area contributed by atoms with Gasteiger partial charge >= 0.3 is 11.7 Å². The maximum absolute atomic E-state index is 13.3. The minimum Gasteiger partial charge on any atom is -0.481 e. The quantitative estimate of drug-likeness (QED) is 0.648. The first-order chi connectivity index (χ1) is 8.90. The Hall–Kier alpha value is -2.51. The molecule has 1 aliphatic heterocycles. The molecule has 1 amide bonds. The predicted octanol–water partition coefficient (Wildman–Crippen LogP) is 0.891. The van der Waals surface area contributed by atoms with Crippen LogP contribution in [0.3, 0.4) is 0 Å². The molecule has 0 radical (unpaired) electrons. The number of likely N-dealkylation sites (tertiary alicyclic amines) is 1. The lowest BCUT2D eigenvalue weighted by Gasteiger charge is -2.36. The van der Waals surface area contributed by atoms with Gasteiger partial charge in [-0.05, 0) is 12.1 Å². The SMILES string of the molecule is O=C(O)C1CN(C(=O)c2ccc([N+](=O)[O-])c(F)c2)C1. The second-order valence-corrected chi connectivity index (χ2v) is 4.17. The van der Waals surface area contributed by atoms with Crippen LogP contribution in [0.4, 0.5) is 10.1 Å². The fourth-order valence-electron chi connectivity index (χ4n) is 1.77. The normalized spacial score (nSPS) is 14.9. The standard InChI is InChI=1S/C11H9FN2O5/c12-8-3-6(1-2-9(8)14(18)19)10(15)13-4-7(5-13)11(16)17/h1-3,7H,4-5H2,(H,16,17). The van der Waals surface area contributed by atoms with Gasteiger partial charge in [-0.15, -0.1) is 0 Å². The summed E-state index contributed by atoms with van der Waals surface area (Å²) < 4.78 is 13.3. The number of nitro groups is 1. The Morgan fingerprint density at radius 3 is 2.53 bits per heavy atom. The van der Waals surface area contributed by atoms with E-state index < -0.39 is 34.2 Å². The number of benzene rings is 1. The molecule has 8 heteroatoms. The van der Waals surface area contributed by atoms with Crippen molar-refractivity contribution >= 4 is 17.6 Å². The lowest BCUT2D eigenvalue weighted by molar-refractivity contribution is -0.387. The molecule has 1 heterocycles. The monoisotopic (exact) mass is 268 g/mol. The molecule has 1 aromatic carbocycles. The van der Waals surface area contributed by atoms with Crippen LogP contribution in [0.25, 0.3) is 0 Å². The first kappa shape index (κ1) is 12.9. The minimum absolute atomic E-state index is 0.0352. The molecule has 0 aromatic heterocycles. The van der Waals surface area contributed by atoms with Gasteiger partial charge in [0.25, 0.3) is 5.91 Å². The number of hydrogen-bond donors (Lipinski definition) is 1. The van der Waals surface area contributed by atoms with E-state index in [4.69, 9.17) is 5.11 Å². The number of amides is 1. The molecule has 0 bridgehead atoms. The van der Waals surface area contributed by atoms with Crippen LogP contribution in [-0.4, -0.2) is 39.9 Å². The van der Waals surface area contributed by atoms with Crippen LogP contribution in [-0.2, 0) is 4.79 Å². The van der Waals surface area contributed by atoms with Crippen LogP contribution in [0.2, 0.25) is 0 Å². The van der Waals surface area contributed by atoms with Gasteiger partial charge in [0.1, 0.15) is 0 Å².